The van der Waals surface area contributed by atoms with Gasteiger partial charge in [-0.3, -0.25) is 0 Å². The van der Waals surface area contributed by atoms with E-state index >= 15 is 0 Å². The molecule has 0 unspecified atom stereocenters. The molecule has 0 amide bonds. The van der Waals surface area contributed by atoms with Crippen LogP contribution in [0.5, 0.6) is 5.75 Å². The molecule has 2 aromatic carbocycles. The van der Waals surface area contributed by atoms with Gasteiger partial charge in [0, 0.05) is 25.1 Å². The summed E-state index contributed by atoms with van der Waals surface area (Å²) < 4.78 is 6.14. The molecule has 0 aliphatic carbocycles. The number of piperidine rings is 1. The molecule has 1 fully saturated rings. The molecule has 1 N–H and O–H groups in total. The maximum absolute atomic E-state index is 6.14. The van der Waals surface area contributed by atoms with Gasteiger partial charge in [0.15, 0.2) is 5.82 Å². The summed E-state index contributed by atoms with van der Waals surface area (Å²) in [4.78, 5) is 2.55. The fourth-order valence-electron chi connectivity index (χ4n) is 4.42. The minimum absolute atomic E-state index is 0.631. The molecule has 0 spiro atoms. The normalized spacial score (nSPS) is 16.7. The number of nitrogens with zero attached hydrogens (tertiary/aromatic N) is 4. The van der Waals surface area contributed by atoms with Crippen LogP contribution in [0.25, 0.3) is 5.57 Å². The summed E-state index contributed by atoms with van der Waals surface area (Å²) in [6.45, 7) is 3.89. The molecule has 1 saturated heterocycles. The van der Waals surface area contributed by atoms with Crippen molar-refractivity contribution in [2.75, 3.05) is 19.6 Å². The number of aromatic nitrogens is 4. The van der Waals surface area contributed by atoms with Crippen molar-refractivity contribution in [2.24, 2.45) is 0 Å². The zero-order valence-electron chi connectivity index (χ0n) is 16.5. The molecule has 148 valence electrons. The summed E-state index contributed by atoms with van der Waals surface area (Å²) in [6, 6.07) is 17.2. The van der Waals surface area contributed by atoms with Crippen molar-refractivity contribution in [1.82, 2.24) is 25.5 Å². The van der Waals surface area contributed by atoms with E-state index in [4.69, 9.17) is 4.74 Å². The van der Waals surface area contributed by atoms with Crippen molar-refractivity contribution in [3.05, 3.63) is 76.6 Å². The Balaban J connectivity index is 1.36. The number of H-pyrrole nitrogens is 1. The van der Waals surface area contributed by atoms with Gasteiger partial charge in [0.05, 0.1) is 0 Å². The van der Waals surface area contributed by atoms with Crippen molar-refractivity contribution in [1.29, 1.82) is 0 Å². The smallest absolute Gasteiger partial charge is 0.174 e. The number of nitrogens with one attached hydrogen (secondary N) is 1. The third-order valence-corrected chi connectivity index (χ3v) is 5.90. The molecule has 0 radical (unpaired) electrons. The molecular weight excluding hydrogens is 362 g/mol. The van der Waals surface area contributed by atoms with Gasteiger partial charge in [-0.25, -0.2) is 0 Å². The van der Waals surface area contributed by atoms with Crippen LogP contribution in [0.4, 0.5) is 0 Å². The SMILES string of the molecule is c1ccc2c(c1)COc1ccccc1C2=C1CCN(CCCc2nn[nH]n2)CC1. The Hall–Kier alpha value is -2.99. The van der Waals surface area contributed by atoms with Crippen LogP contribution in [0.1, 0.15) is 41.8 Å². The van der Waals surface area contributed by atoms with E-state index < -0.39 is 0 Å². The lowest BCUT2D eigenvalue weighted by molar-refractivity contribution is 0.253. The first-order valence-electron chi connectivity index (χ1n) is 10.4. The summed E-state index contributed by atoms with van der Waals surface area (Å²) in [6.07, 6.45) is 4.13. The Labute approximate surface area is 170 Å². The number of rotatable bonds is 4. The number of para-hydroxylation sites is 1. The van der Waals surface area contributed by atoms with Crippen LogP contribution < -0.4 is 4.74 Å². The topological polar surface area (TPSA) is 66.9 Å². The summed E-state index contributed by atoms with van der Waals surface area (Å²) in [7, 11) is 0. The Morgan fingerprint density at radius 3 is 2.59 bits per heavy atom. The molecule has 6 heteroatoms. The van der Waals surface area contributed by atoms with E-state index in [1.54, 1.807) is 5.57 Å². The van der Waals surface area contributed by atoms with Gasteiger partial charge in [0.25, 0.3) is 0 Å². The van der Waals surface area contributed by atoms with Gasteiger partial charge < -0.3 is 9.64 Å². The number of benzene rings is 2. The second kappa shape index (κ2) is 8.17. The molecule has 6 nitrogen and oxygen atoms in total. The highest BCUT2D eigenvalue weighted by molar-refractivity contribution is 5.87. The number of ether oxygens (including phenoxy) is 1. The van der Waals surface area contributed by atoms with Gasteiger partial charge in [-0.1, -0.05) is 53.3 Å². The van der Waals surface area contributed by atoms with E-state index in [0.29, 0.717) is 6.61 Å². The summed E-state index contributed by atoms with van der Waals surface area (Å²) >= 11 is 0. The van der Waals surface area contributed by atoms with Crippen LogP contribution in [0.15, 0.2) is 54.1 Å². The van der Waals surface area contributed by atoms with Gasteiger partial charge in [-0.15, -0.1) is 10.2 Å². The van der Waals surface area contributed by atoms with Crippen LogP contribution >= 0.6 is 0 Å². The first-order valence-corrected chi connectivity index (χ1v) is 10.4. The van der Waals surface area contributed by atoms with E-state index in [-0.39, 0.29) is 0 Å². The molecule has 29 heavy (non-hydrogen) atoms. The highest BCUT2D eigenvalue weighted by atomic mass is 16.5. The first kappa shape index (κ1) is 18.1. The largest absolute Gasteiger partial charge is 0.488 e. The number of hydrogen-bond donors (Lipinski definition) is 1. The fraction of sp³-hybridized carbons (Fsp3) is 0.348. The summed E-state index contributed by atoms with van der Waals surface area (Å²) in [5.74, 6) is 1.80. The third-order valence-electron chi connectivity index (χ3n) is 5.90. The van der Waals surface area contributed by atoms with Crippen LogP contribution in [0.3, 0.4) is 0 Å². The number of likely N-dealkylation sites (tertiary alicyclic amines) is 1. The fourth-order valence-corrected chi connectivity index (χ4v) is 4.42. The third kappa shape index (κ3) is 3.80. The quantitative estimate of drug-likeness (QED) is 0.741. The van der Waals surface area contributed by atoms with Gasteiger partial charge in [-0.2, -0.15) is 5.21 Å². The minimum atomic E-state index is 0.631. The molecule has 5 rings (SSSR count). The second-order valence-corrected chi connectivity index (χ2v) is 7.69. The van der Waals surface area contributed by atoms with Crippen LogP contribution in [-0.4, -0.2) is 45.2 Å². The van der Waals surface area contributed by atoms with E-state index in [2.05, 4.69) is 74.1 Å². The molecule has 3 heterocycles. The first-order chi connectivity index (χ1) is 14.4. The Bertz CT molecular complexity index is 952. The van der Waals surface area contributed by atoms with E-state index in [0.717, 1.165) is 56.9 Å². The van der Waals surface area contributed by atoms with Gasteiger partial charge in [-0.05, 0) is 48.6 Å². The summed E-state index contributed by atoms with van der Waals surface area (Å²) in [5.41, 5.74) is 6.77. The molecule has 1 aromatic heterocycles. The number of aryl methyl sites for hydroxylation is 1. The monoisotopic (exact) mass is 387 g/mol. The van der Waals surface area contributed by atoms with E-state index in [1.807, 2.05) is 0 Å². The Kier molecular flexibility index (Phi) is 5.09. The van der Waals surface area contributed by atoms with Gasteiger partial charge >= 0.3 is 0 Å². The molecule has 0 saturated carbocycles. The number of tetrazole rings is 1. The van der Waals surface area contributed by atoms with Crippen molar-refractivity contribution < 1.29 is 4.74 Å². The molecular formula is C23H25N5O. The second-order valence-electron chi connectivity index (χ2n) is 7.69. The molecule has 2 aliphatic rings. The molecule has 0 bridgehead atoms. The van der Waals surface area contributed by atoms with Crippen LogP contribution in [0.2, 0.25) is 0 Å². The highest BCUT2D eigenvalue weighted by Crippen LogP contribution is 2.40. The average Bonchev–Trinajstić information content (AvgIpc) is 3.22. The zero-order valence-corrected chi connectivity index (χ0v) is 16.5. The Morgan fingerprint density at radius 1 is 0.966 bits per heavy atom. The lowest BCUT2D eigenvalue weighted by Gasteiger charge is -2.30. The van der Waals surface area contributed by atoms with E-state index in [9.17, 15) is 0 Å². The molecule has 0 atom stereocenters. The number of aromatic amines is 1. The van der Waals surface area contributed by atoms with Gasteiger partial charge in [0.2, 0.25) is 0 Å². The lowest BCUT2D eigenvalue weighted by atomic mass is 9.86. The van der Waals surface area contributed by atoms with Crippen molar-refractivity contribution in [3.8, 4) is 5.75 Å². The average molecular weight is 387 g/mol. The molecule has 2 aliphatic heterocycles. The lowest BCUT2D eigenvalue weighted by Crippen LogP contribution is -2.32. The van der Waals surface area contributed by atoms with Crippen LogP contribution in [-0.2, 0) is 13.0 Å². The van der Waals surface area contributed by atoms with E-state index in [1.165, 1.54) is 22.3 Å². The molecule has 3 aromatic rings. The number of fused-ring (bicyclic) bond motifs is 2. The van der Waals surface area contributed by atoms with Crippen LogP contribution in [0, 0.1) is 0 Å². The van der Waals surface area contributed by atoms with Gasteiger partial charge in [0.1, 0.15) is 12.4 Å². The van der Waals surface area contributed by atoms with Crippen molar-refractivity contribution >= 4 is 5.57 Å². The predicted molar refractivity (Wildman–Crippen MR) is 111 cm³/mol. The summed E-state index contributed by atoms with van der Waals surface area (Å²) in [5, 5.41) is 14.2. The predicted octanol–water partition coefficient (Wildman–Crippen LogP) is 3.62. The standard InChI is InChI=1S/C23H25N5O/c1-2-7-19-18(6-1)16-29-21-9-4-3-8-20(21)23(19)17-11-14-28(15-12-17)13-5-10-22-24-26-27-25-22/h1-4,6-9H,5,10-16H2,(H,24,25,26,27). The Morgan fingerprint density at radius 2 is 1.76 bits per heavy atom. The highest BCUT2D eigenvalue weighted by Gasteiger charge is 2.24. The maximum Gasteiger partial charge on any atom is 0.174 e. The van der Waals surface area contributed by atoms with Crippen molar-refractivity contribution in [3.63, 3.8) is 0 Å². The van der Waals surface area contributed by atoms with Crippen molar-refractivity contribution in [2.45, 2.75) is 32.3 Å². The zero-order chi connectivity index (χ0) is 19.5. The maximum atomic E-state index is 6.14. The minimum Gasteiger partial charge on any atom is -0.488 e. The number of hydrogen-bond acceptors (Lipinski definition) is 5.